The molecule has 0 atom stereocenters. The molecule has 0 saturated carbocycles. The van der Waals surface area contributed by atoms with E-state index >= 15 is 0 Å². The molecule has 48 heavy (non-hydrogen) atoms. The molecule has 0 aliphatic rings. The average Bonchev–Trinajstić information content (AvgIpc) is 3.74. The molecular formula is C43H25N3O2. The summed E-state index contributed by atoms with van der Waals surface area (Å²) in [5.41, 5.74) is 8.31. The first-order valence-corrected chi connectivity index (χ1v) is 15.9. The third-order valence-corrected chi connectivity index (χ3v) is 9.14. The van der Waals surface area contributed by atoms with Gasteiger partial charge in [-0.3, -0.25) is 0 Å². The van der Waals surface area contributed by atoms with E-state index in [1.165, 1.54) is 0 Å². The largest absolute Gasteiger partial charge is 0.456 e. The van der Waals surface area contributed by atoms with E-state index in [4.69, 9.17) is 23.8 Å². The topological polar surface area (TPSA) is 65.0 Å². The molecule has 7 aromatic carbocycles. The lowest BCUT2D eigenvalue weighted by molar-refractivity contribution is 0.669. The van der Waals surface area contributed by atoms with Crippen LogP contribution in [0.5, 0.6) is 0 Å². The van der Waals surface area contributed by atoms with Gasteiger partial charge in [-0.05, 0) is 40.8 Å². The lowest BCUT2D eigenvalue weighted by Gasteiger charge is -2.11. The van der Waals surface area contributed by atoms with Crippen molar-refractivity contribution in [3.05, 3.63) is 152 Å². The Balaban J connectivity index is 1.29. The predicted molar refractivity (Wildman–Crippen MR) is 194 cm³/mol. The smallest absolute Gasteiger partial charge is 0.164 e. The Morgan fingerprint density at radius 3 is 1.56 bits per heavy atom. The molecule has 0 fully saturated rings. The van der Waals surface area contributed by atoms with E-state index in [9.17, 15) is 0 Å². The minimum atomic E-state index is 0.591. The Labute approximate surface area is 274 Å². The highest BCUT2D eigenvalue weighted by atomic mass is 16.3. The molecule has 5 heteroatoms. The molecule has 0 aliphatic carbocycles. The summed E-state index contributed by atoms with van der Waals surface area (Å²) in [4.78, 5) is 15.1. The Morgan fingerprint density at radius 2 is 0.854 bits per heavy atom. The summed E-state index contributed by atoms with van der Waals surface area (Å²) >= 11 is 0. The van der Waals surface area contributed by atoms with Crippen LogP contribution in [0.2, 0.25) is 0 Å². The molecule has 10 rings (SSSR count). The van der Waals surface area contributed by atoms with Gasteiger partial charge in [0, 0.05) is 43.6 Å². The van der Waals surface area contributed by atoms with Crippen LogP contribution >= 0.6 is 0 Å². The zero-order chi connectivity index (χ0) is 31.6. The standard InChI is InChI=1S/C43H25N3O2/c1-3-13-26(14-4-1)41-44-42(27-15-5-2-6-16-27)46-43(45-41)32-21-12-24-37-39(32)34-25-33(28-17-7-8-18-30(28)40(34)48-37)29-20-11-23-36-38(29)31-19-9-10-22-35(31)47-36/h1-25H. The van der Waals surface area contributed by atoms with Crippen molar-refractivity contribution in [2.75, 3.05) is 0 Å². The maximum absolute atomic E-state index is 6.70. The number of para-hydroxylation sites is 1. The van der Waals surface area contributed by atoms with Gasteiger partial charge in [0.05, 0.1) is 0 Å². The number of hydrogen-bond donors (Lipinski definition) is 0. The van der Waals surface area contributed by atoms with Crippen molar-refractivity contribution >= 4 is 54.6 Å². The lowest BCUT2D eigenvalue weighted by Crippen LogP contribution is -2.00. The first kappa shape index (κ1) is 26.6. The Morgan fingerprint density at radius 1 is 0.333 bits per heavy atom. The van der Waals surface area contributed by atoms with E-state index < -0.39 is 0 Å². The van der Waals surface area contributed by atoms with Crippen molar-refractivity contribution in [2.45, 2.75) is 0 Å². The van der Waals surface area contributed by atoms with Crippen molar-refractivity contribution in [1.82, 2.24) is 15.0 Å². The number of hydrogen-bond acceptors (Lipinski definition) is 5. The molecule has 0 unspecified atom stereocenters. The zero-order valence-corrected chi connectivity index (χ0v) is 25.6. The third kappa shape index (κ3) is 4.08. The molecule has 0 bridgehead atoms. The minimum absolute atomic E-state index is 0.591. The van der Waals surface area contributed by atoms with Crippen molar-refractivity contribution in [1.29, 1.82) is 0 Å². The van der Waals surface area contributed by atoms with Crippen LogP contribution in [-0.2, 0) is 0 Å². The van der Waals surface area contributed by atoms with Crippen LogP contribution in [0.15, 0.2) is 160 Å². The number of rotatable bonds is 4. The van der Waals surface area contributed by atoms with Gasteiger partial charge in [0.2, 0.25) is 0 Å². The Kier molecular flexibility index (Phi) is 5.81. The molecular weight excluding hydrogens is 590 g/mol. The van der Waals surface area contributed by atoms with E-state index in [-0.39, 0.29) is 0 Å². The SMILES string of the molecule is c1ccc(-c2nc(-c3ccccc3)nc(-c3cccc4oc5c6ccccc6c(-c6cccc7oc8ccccc8c67)cc5c34)n2)cc1. The van der Waals surface area contributed by atoms with Gasteiger partial charge in [0.25, 0.3) is 0 Å². The lowest BCUT2D eigenvalue weighted by atomic mass is 9.92. The number of benzene rings is 7. The van der Waals surface area contributed by atoms with E-state index in [1.807, 2.05) is 91.0 Å². The fourth-order valence-electron chi connectivity index (χ4n) is 6.99. The fourth-order valence-corrected chi connectivity index (χ4v) is 6.99. The molecule has 0 spiro atoms. The van der Waals surface area contributed by atoms with Crippen LogP contribution in [0.3, 0.4) is 0 Å². The van der Waals surface area contributed by atoms with E-state index in [1.54, 1.807) is 0 Å². The first-order valence-electron chi connectivity index (χ1n) is 15.9. The molecule has 0 aliphatic heterocycles. The monoisotopic (exact) mass is 615 g/mol. The fraction of sp³-hybridized carbons (Fsp3) is 0. The number of aromatic nitrogens is 3. The van der Waals surface area contributed by atoms with Gasteiger partial charge >= 0.3 is 0 Å². The minimum Gasteiger partial charge on any atom is -0.456 e. The molecule has 0 amide bonds. The summed E-state index contributed by atoms with van der Waals surface area (Å²) in [5.74, 6) is 1.83. The molecule has 3 heterocycles. The second-order valence-corrected chi connectivity index (χ2v) is 11.9. The Hall–Kier alpha value is -6.59. The normalized spacial score (nSPS) is 11.8. The molecule has 5 nitrogen and oxygen atoms in total. The second kappa shape index (κ2) is 10.5. The number of nitrogens with zero attached hydrogens (tertiary/aromatic N) is 3. The molecule has 0 N–H and O–H groups in total. The van der Waals surface area contributed by atoms with Crippen LogP contribution in [0, 0.1) is 0 Å². The van der Waals surface area contributed by atoms with Crippen LogP contribution < -0.4 is 0 Å². The van der Waals surface area contributed by atoms with Crippen molar-refractivity contribution in [3.8, 4) is 45.3 Å². The number of fused-ring (bicyclic) bond motifs is 8. The van der Waals surface area contributed by atoms with Gasteiger partial charge in [-0.2, -0.15) is 0 Å². The van der Waals surface area contributed by atoms with Crippen molar-refractivity contribution in [3.63, 3.8) is 0 Å². The molecule has 3 aromatic heterocycles. The van der Waals surface area contributed by atoms with Crippen molar-refractivity contribution < 1.29 is 8.83 Å². The highest BCUT2D eigenvalue weighted by Crippen LogP contribution is 2.45. The summed E-state index contributed by atoms with van der Waals surface area (Å²) in [6.45, 7) is 0. The second-order valence-electron chi connectivity index (χ2n) is 11.9. The van der Waals surface area contributed by atoms with Gasteiger partial charge in [-0.15, -0.1) is 0 Å². The first-order chi connectivity index (χ1) is 23.8. The summed E-state index contributed by atoms with van der Waals surface area (Å²) in [6.07, 6.45) is 0. The van der Waals surface area contributed by atoms with Gasteiger partial charge in [-0.25, -0.2) is 15.0 Å². The van der Waals surface area contributed by atoms with Crippen LogP contribution in [-0.4, -0.2) is 15.0 Å². The summed E-state index contributed by atoms with van der Waals surface area (Å²) in [5, 5.41) is 6.32. The predicted octanol–water partition coefficient (Wildman–Crippen LogP) is 11.5. The summed E-state index contributed by atoms with van der Waals surface area (Å²) < 4.78 is 13.0. The third-order valence-electron chi connectivity index (χ3n) is 9.14. The summed E-state index contributed by atoms with van der Waals surface area (Å²) in [6, 6.07) is 51.5. The van der Waals surface area contributed by atoms with E-state index in [2.05, 4.69) is 60.7 Å². The number of furan rings is 2. The van der Waals surface area contributed by atoms with Gasteiger partial charge < -0.3 is 8.83 Å². The molecule has 10 aromatic rings. The van der Waals surface area contributed by atoms with Gasteiger partial charge in [0.15, 0.2) is 17.5 Å². The molecule has 224 valence electrons. The van der Waals surface area contributed by atoms with Gasteiger partial charge in [0.1, 0.15) is 22.3 Å². The van der Waals surface area contributed by atoms with E-state index in [0.29, 0.717) is 17.5 Å². The molecule has 0 saturated heterocycles. The van der Waals surface area contributed by atoms with E-state index in [0.717, 1.165) is 82.5 Å². The highest BCUT2D eigenvalue weighted by molar-refractivity contribution is 6.24. The molecule has 0 radical (unpaired) electrons. The maximum atomic E-state index is 6.70. The quantitative estimate of drug-likeness (QED) is 0.197. The zero-order valence-electron chi connectivity index (χ0n) is 25.6. The van der Waals surface area contributed by atoms with Crippen LogP contribution in [0.1, 0.15) is 0 Å². The Bertz CT molecular complexity index is 2780. The van der Waals surface area contributed by atoms with Crippen molar-refractivity contribution in [2.24, 2.45) is 0 Å². The van der Waals surface area contributed by atoms with Gasteiger partial charge in [-0.1, -0.05) is 127 Å². The maximum Gasteiger partial charge on any atom is 0.164 e. The summed E-state index contributed by atoms with van der Waals surface area (Å²) in [7, 11) is 0. The highest BCUT2D eigenvalue weighted by Gasteiger charge is 2.22. The average molecular weight is 616 g/mol. The van der Waals surface area contributed by atoms with Crippen LogP contribution in [0.25, 0.3) is 99.9 Å². The van der Waals surface area contributed by atoms with Crippen LogP contribution in [0.4, 0.5) is 0 Å².